The van der Waals surface area contributed by atoms with Crippen molar-refractivity contribution in [2.45, 2.75) is 6.42 Å². The van der Waals surface area contributed by atoms with Gasteiger partial charge in [0, 0.05) is 31.6 Å². The average Bonchev–Trinajstić information content (AvgIpc) is 2.43. The Morgan fingerprint density at radius 2 is 2.17 bits per heavy atom. The zero-order chi connectivity index (χ0) is 12.5. The first-order valence-electron chi connectivity index (χ1n) is 6.05. The monoisotopic (exact) mass is 240 g/mol. The maximum atomic E-state index is 5.28. The Balaban J connectivity index is 2.22. The number of hydrogen-bond acceptors (Lipinski definition) is 3. The average molecular weight is 240 g/mol. The van der Waals surface area contributed by atoms with Crippen molar-refractivity contribution in [2.24, 2.45) is 0 Å². The third-order valence-corrected chi connectivity index (χ3v) is 3.34. The molecule has 3 nitrogen and oxygen atoms in total. The van der Waals surface area contributed by atoms with E-state index < -0.39 is 0 Å². The van der Waals surface area contributed by atoms with Crippen molar-refractivity contribution < 1.29 is 4.74 Å². The summed E-state index contributed by atoms with van der Waals surface area (Å²) in [7, 11) is 3.66. The lowest BCUT2D eigenvalue weighted by atomic mass is 10.1. The van der Waals surface area contributed by atoms with Crippen LogP contribution >= 0.6 is 0 Å². The summed E-state index contributed by atoms with van der Waals surface area (Å²) in [5.41, 5.74) is 2.45. The maximum Gasteiger partial charge on any atom is 0.119 e. The first-order chi connectivity index (χ1) is 8.81. The second-order valence-corrected chi connectivity index (χ2v) is 4.38. The van der Waals surface area contributed by atoms with E-state index >= 15 is 0 Å². The molecule has 0 saturated carbocycles. The molecule has 2 heterocycles. The van der Waals surface area contributed by atoms with Gasteiger partial charge in [-0.05, 0) is 34.7 Å². The molecule has 0 spiro atoms. The van der Waals surface area contributed by atoms with E-state index in [1.54, 1.807) is 7.11 Å². The number of rotatable bonds is 2. The van der Waals surface area contributed by atoms with Crippen molar-refractivity contribution in [3.05, 3.63) is 52.3 Å². The van der Waals surface area contributed by atoms with E-state index in [9.17, 15) is 0 Å². The molecule has 0 saturated heterocycles. The van der Waals surface area contributed by atoms with Gasteiger partial charge in [-0.1, -0.05) is 6.08 Å². The maximum absolute atomic E-state index is 5.28. The second kappa shape index (κ2) is 4.26. The van der Waals surface area contributed by atoms with Crippen LogP contribution in [0.15, 0.2) is 41.9 Å². The van der Waals surface area contributed by atoms with Crippen molar-refractivity contribution in [3.8, 4) is 5.75 Å². The molecule has 0 aromatic heterocycles. The summed E-state index contributed by atoms with van der Waals surface area (Å²) < 4.78 is 5.28. The zero-order valence-electron chi connectivity index (χ0n) is 10.6. The molecule has 2 aliphatic rings. The van der Waals surface area contributed by atoms with Gasteiger partial charge >= 0.3 is 0 Å². The van der Waals surface area contributed by atoms with Gasteiger partial charge in [-0.3, -0.25) is 0 Å². The molecule has 0 fully saturated rings. The van der Waals surface area contributed by atoms with Gasteiger partial charge in [0.25, 0.3) is 0 Å². The Kier molecular flexibility index (Phi) is 2.59. The van der Waals surface area contributed by atoms with E-state index in [1.165, 1.54) is 21.8 Å². The van der Waals surface area contributed by atoms with Gasteiger partial charge in [-0.2, -0.15) is 0 Å². The van der Waals surface area contributed by atoms with E-state index in [2.05, 4.69) is 46.9 Å². The number of ether oxygens (including phenoxy) is 1. The minimum atomic E-state index is 0.893. The number of allylic oxidation sites excluding steroid dienone is 2. The summed E-state index contributed by atoms with van der Waals surface area (Å²) in [5.74, 6) is 0.893. The van der Waals surface area contributed by atoms with Crippen LogP contribution in [-0.4, -0.2) is 19.1 Å². The molecule has 1 aromatic rings. The Morgan fingerprint density at radius 3 is 2.94 bits per heavy atom. The largest absolute Gasteiger partial charge is 0.497 e. The number of nitrogens with zero attached hydrogens (tertiary/aromatic N) is 1. The van der Waals surface area contributed by atoms with Gasteiger partial charge < -0.3 is 15.0 Å². The summed E-state index contributed by atoms with van der Waals surface area (Å²) in [4.78, 5) is 2.16. The minimum Gasteiger partial charge on any atom is -0.497 e. The molecule has 3 rings (SSSR count). The second-order valence-electron chi connectivity index (χ2n) is 4.38. The van der Waals surface area contributed by atoms with Gasteiger partial charge in [0.05, 0.1) is 12.8 Å². The number of hydrogen-bond donors (Lipinski definition) is 1. The van der Waals surface area contributed by atoms with Crippen molar-refractivity contribution >= 4 is 12.3 Å². The quantitative estimate of drug-likeness (QED) is 0.830. The standard InChI is InChI=1S/C15H16N2O/c1-16-14-4-3-7-17-10-11-5-6-13(18-2)8-12(11)9-15(14)17/h3,5-10,16H,4H2,1-2H3. The van der Waals surface area contributed by atoms with Crippen molar-refractivity contribution in [3.63, 3.8) is 0 Å². The summed E-state index contributed by atoms with van der Waals surface area (Å²) in [5, 5.41) is 5.67. The molecule has 18 heavy (non-hydrogen) atoms. The van der Waals surface area contributed by atoms with Gasteiger partial charge in [0.2, 0.25) is 0 Å². The van der Waals surface area contributed by atoms with Gasteiger partial charge in [-0.25, -0.2) is 0 Å². The number of methoxy groups -OCH3 is 1. The highest BCUT2D eigenvalue weighted by atomic mass is 16.5. The fourth-order valence-corrected chi connectivity index (χ4v) is 2.35. The first-order valence-corrected chi connectivity index (χ1v) is 6.05. The molecule has 0 radical (unpaired) electrons. The third kappa shape index (κ3) is 1.68. The molecule has 0 bridgehead atoms. The number of nitrogens with one attached hydrogen (secondary N) is 1. The number of benzene rings is 1. The van der Waals surface area contributed by atoms with Crippen LogP contribution in [0.5, 0.6) is 5.75 Å². The third-order valence-electron chi connectivity index (χ3n) is 3.34. The smallest absolute Gasteiger partial charge is 0.119 e. The molecule has 0 unspecified atom stereocenters. The van der Waals surface area contributed by atoms with Crippen LogP contribution in [0.1, 0.15) is 6.42 Å². The predicted octanol–water partition coefficient (Wildman–Crippen LogP) is 0.878. The molecular formula is C15H16N2O. The van der Waals surface area contributed by atoms with E-state index in [1.807, 2.05) is 13.1 Å². The van der Waals surface area contributed by atoms with Gasteiger partial charge in [0.15, 0.2) is 0 Å². The molecule has 1 N–H and O–H groups in total. The van der Waals surface area contributed by atoms with Crippen LogP contribution in [0, 0.1) is 0 Å². The molecule has 2 aliphatic heterocycles. The fraction of sp³-hybridized carbons (Fsp3) is 0.200. The highest BCUT2D eigenvalue weighted by molar-refractivity contribution is 5.58. The van der Waals surface area contributed by atoms with E-state index in [0.29, 0.717) is 0 Å². The van der Waals surface area contributed by atoms with Crippen molar-refractivity contribution in [2.75, 3.05) is 14.2 Å². The molecule has 0 amide bonds. The Labute approximate surface area is 106 Å². The van der Waals surface area contributed by atoms with Crippen molar-refractivity contribution in [1.82, 2.24) is 10.2 Å². The lowest BCUT2D eigenvalue weighted by Crippen LogP contribution is -2.34. The summed E-state index contributed by atoms with van der Waals surface area (Å²) in [6.45, 7) is 0. The summed E-state index contributed by atoms with van der Waals surface area (Å²) in [6, 6.07) is 6.15. The van der Waals surface area contributed by atoms with Gasteiger partial charge in [-0.15, -0.1) is 0 Å². The lowest BCUT2D eigenvalue weighted by molar-refractivity contribution is 0.414. The van der Waals surface area contributed by atoms with Crippen LogP contribution in [0.3, 0.4) is 0 Å². The van der Waals surface area contributed by atoms with E-state index in [0.717, 1.165) is 12.2 Å². The molecule has 1 aromatic carbocycles. The Morgan fingerprint density at radius 1 is 1.28 bits per heavy atom. The molecule has 0 atom stereocenters. The van der Waals surface area contributed by atoms with Crippen LogP contribution in [0.2, 0.25) is 0 Å². The topological polar surface area (TPSA) is 24.5 Å². The highest BCUT2D eigenvalue weighted by Crippen LogP contribution is 2.21. The summed E-state index contributed by atoms with van der Waals surface area (Å²) >= 11 is 0. The predicted molar refractivity (Wildman–Crippen MR) is 72.9 cm³/mol. The van der Waals surface area contributed by atoms with Crippen molar-refractivity contribution in [1.29, 1.82) is 0 Å². The summed E-state index contributed by atoms with van der Waals surface area (Å²) in [6.07, 6.45) is 9.57. The van der Waals surface area contributed by atoms with Gasteiger partial charge in [0.1, 0.15) is 5.75 Å². The van der Waals surface area contributed by atoms with Crippen LogP contribution in [0.25, 0.3) is 12.3 Å². The van der Waals surface area contributed by atoms with Crippen LogP contribution in [0.4, 0.5) is 0 Å². The fourth-order valence-electron chi connectivity index (χ4n) is 2.35. The highest BCUT2D eigenvalue weighted by Gasteiger charge is 2.14. The molecular weight excluding hydrogens is 224 g/mol. The van der Waals surface area contributed by atoms with Crippen LogP contribution < -0.4 is 20.5 Å². The zero-order valence-corrected chi connectivity index (χ0v) is 10.6. The van der Waals surface area contributed by atoms with E-state index in [4.69, 9.17) is 4.74 Å². The SMILES string of the molecule is CNC1=C2C=c3cc(OC)ccc3=CN2C=CC1. The lowest BCUT2D eigenvalue weighted by Gasteiger charge is -2.26. The normalized spacial score (nSPS) is 16.4. The van der Waals surface area contributed by atoms with E-state index in [-0.39, 0.29) is 0 Å². The molecule has 0 aliphatic carbocycles. The van der Waals surface area contributed by atoms with Crippen LogP contribution in [-0.2, 0) is 0 Å². The Bertz CT molecular complexity index is 656. The Hall–Kier alpha value is -2.16. The number of fused-ring (bicyclic) bond motifs is 2. The molecule has 3 heteroatoms. The minimum absolute atomic E-state index is 0.893. The molecule has 92 valence electrons. The first kappa shape index (κ1) is 11.0.